The van der Waals surface area contributed by atoms with Crippen LogP contribution < -0.4 is 11.1 Å². The molecule has 0 atom stereocenters. The van der Waals surface area contributed by atoms with Crippen molar-refractivity contribution in [3.8, 4) is 0 Å². The quantitative estimate of drug-likeness (QED) is 0.564. The summed E-state index contributed by atoms with van der Waals surface area (Å²) in [7, 11) is 0. The molecule has 0 saturated carbocycles. The van der Waals surface area contributed by atoms with Crippen molar-refractivity contribution >= 4 is 22.7 Å². The van der Waals surface area contributed by atoms with Gasteiger partial charge in [-0.1, -0.05) is 43.2 Å². The minimum atomic E-state index is 0.0288. The van der Waals surface area contributed by atoms with Crippen molar-refractivity contribution in [1.29, 1.82) is 0 Å². The van der Waals surface area contributed by atoms with Gasteiger partial charge in [-0.3, -0.25) is 4.79 Å². The second-order valence-corrected chi connectivity index (χ2v) is 6.45. The number of amides is 1. The SMILES string of the molecule is NCCCCCCC(=O)Nc1ccc2nc(Cc3ccccc3)oc2c1. The van der Waals surface area contributed by atoms with Crippen molar-refractivity contribution in [2.24, 2.45) is 5.73 Å². The molecule has 26 heavy (non-hydrogen) atoms. The van der Waals surface area contributed by atoms with Gasteiger partial charge in [-0.15, -0.1) is 0 Å². The van der Waals surface area contributed by atoms with E-state index in [0.717, 1.165) is 49.0 Å². The van der Waals surface area contributed by atoms with Gasteiger partial charge in [0.2, 0.25) is 5.91 Å². The van der Waals surface area contributed by atoms with E-state index < -0.39 is 0 Å². The highest BCUT2D eigenvalue weighted by Crippen LogP contribution is 2.22. The topological polar surface area (TPSA) is 81.2 Å². The van der Waals surface area contributed by atoms with Crippen molar-refractivity contribution in [3.63, 3.8) is 0 Å². The summed E-state index contributed by atoms with van der Waals surface area (Å²) in [6.07, 6.45) is 5.21. The van der Waals surface area contributed by atoms with Crippen LogP contribution in [0.3, 0.4) is 0 Å². The van der Waals surface area contributed by atoms with E-state index in [2.05, 4.69) is 10.3 Å². The van der Waals surface area contributed by atoms with E-state index >= 15 is 0 Å². The molecule has 2 aromatic carbocycles. The number of anilines is 1. The van der Waals surface area contributed by atoms with Gasteiger partial charge in [0.25, 0.3) is 0 Å². The Hall–Kier alpha value is -2.66. The molecule has 0 spiro atoms. The van der Waals surface area contributed by atoms with Crippen molar-refractivity contribution in [3.05, 3.63) is 60.0 Å². The largest absolute Gasteiger partial charge is 0.440 e. The first-order valence-electron chi connectivity index (χ1n) is 9.18. The first kappa shape index (κ1) is 18.1. The van der Waals surface area contributed by atoms with E-state index in [-0.39, 0.29) is 5.91 Å². The predicted octanol–water partition coefficient (Wildman–Crippen LogP) is 4.27. The van der Waals surface area contributed by atoms with Crippen molar-refractivity contribution in [2.45, 2.75) is 38.5 Å². The second-order valence-electron chi connectivity index (χ2n) is 6.45. The van der Waals surface area contributed by atoms with Gasteiger partial charge in [-0.05, 0) is 37.1 Å². The summed E-state index contributed by atoms with van der Waals surface area (Å²) in [6, 6.07) is 15.7. The number of nitrogens with one attached hydrogen (secondary N) is 1. The maximum Gasteiger partial charge on any atom is 0.224 e. The maximum absolute atomic E-state index is 12.0. The fourth-order valence-corrected chi connectivity index (χ4v) is 2.90. The van der Waals surface area contributed by atoms with Crippen LogP contribution in [-0.4, -0.2) is 17.4 Å². The molecule has 1 heterocycles. The number of hydrogen-bond acceptors (Lipinski definition) is 4. The van der Waals surface area contributed by atoms with Crippen molar-refractivity contribution < 1.29 is 9.21 Å². The molecular formula is C21H25N3O2. The number of rotatable bonds is 9. The van der Waals surface area contributed by atoms with E-state index in [1.807, 2.05) is 48.5 Å². The van der Waals surface area contributed by atoms with Crippen molar-refractivity contribution in [1.82, 2.24) is 4.98 Å². The lowest BCUT2D eigenvalue weighted by Crippen LogP contribution is -2.11. The zero-order valence-electron chi connectivity index (χ0n) is 14.9. The van der Waals surface area contributed by atoms with Gasteiger partial charge in [0, 0.05) is 24.6 Å². The van der Waals surface area contributed by atoms with Gasteiger partial charge in [0.05, 0.1) is 0 Å². The molecule has 1 aromatic heterocycles. The number of oxazole rings is 1. The summed E-state index contributed by atoms with van der Waals surface area (Å²) in [4.78, 5) is 16.6. The molecule has 136 valence electrons. The molecule has 0 fully saturated rings. The average Bonchev–Trinajstić information content (AvgIpc) is 3.04. The number of carbonyl (C=O) groups is 1. The highest BCUT2D eigenvalue weighted by atomic mass is 16.3. The molecule has 0 aliphatic carbocycles. The Bertz CT molecular complexity index is 843. The first-order valence-corrected chi connectivity index (χ1v) is 9.18. The molecule has 5 nitrogen and oxygen atoms in total. The zero-order chi connectivity index (χ0) is 18.2. The molecule has 0 aliphatic rings. The van der Waals surface area contributed by atoms with Gasteiger partial charge < -0.3 is 15.5 Å². The highest BCUT2D eigenvalue weighted by molar-refractivity contribution is 5.92. The lowest BCUT2D eigenvalue weighted by atomic mass is 10.1. The number of nitrogens with two attached hydrogens (primary N) is 1. The Labute approximate surface area is 153 Å². The van der Waals surface area contributed by atoms with Crippen LogP contribution in [0.2, 0.25) is 0 Å². The Kier molecular flexibility index (Phi) is 6.39. The molecule has 0 radical (unpaired) electrons. The van der Waals surface area contributed by atoms with Crippen LogP contribution in [-0.2, 0) is 11.2 Å². The maximum atomic E-state index is 12.0. The Morgan fingerprint density at radius 1 is 1.04 bits per heavy atom. The molecule has 5 heteroatoms. The smallest absolute Gasteiger partial charge is 0.224 e. The molecule has 1 amide bonds. The number of carbonyl (C=O) groups excluding carboxylic acids is 1. The van der Waals surface area contributed by atoms with E-state index in [1.165, 1.54) is 0 Å². The summed E-state index contributed by atoms with van der Waals surface area (Å²) < 4.78 is 5.85. The van der Waals surface area contributed by atoms with Crippen LogP contribution in [0.1, 0.15) is 43.6 Å². The van der Waals surface area contributed by atoms with Gasteiger partial charge in [-0.2, -0.15) is 0 Å². The Balaban J connectivity index is 1.57. The summed E-state index contributed by atoms with van der Waals surface area (Å²) in [6.45, 7) is 0.718. The van der Waals surface area contributed by atoms with E-state index in [9.17, 15) is 4.79 Å². The minimum absolute atomic E-state index is 0.0288. The standard InChI is InChI=1S/C21H25N3O2/c22-13-7-2-1-6-10-20(25)23-17-11-12-18-19(15-17)26-21(24-18)14-16-8-4-3-5-9-16/h3-5,8-9,11-12,15H,1-2,6-7,10,13-14,22H2,(H,23,25). The summed E-state index contributed by atoms with van der Waals surface area (Å²) in [5.74, 6) is 0.704. The Morgan fingerprint density at radius 2 is 1.85 bits per heavy atom. The first-order chi connectivity index (χ1) is 12.7. The third kappa shape index (κ3) is 5.17. The number of aromatic nitrogens is 1. The number of nitrogens with zero attached hydrogens (tertiary/aromatic N) is 1. The van der Waals surface area contributed by atoms with Crippen LogP contribution in [0.25, 0.3) is 11.1 Å². The lowest BCUT2D eigenvalue weighted by Gasteiger charge is -2.04. The average molecular weight is 351 g/mol. The van der Waals surface area contributed by atoms with Gasteiger partial charge in [-0.25, -0.2) is 4.98 Å². The monoisotopic (exact) mass is 351 g/mol. The minimum Gasteiger partial charge on any atom is -0.440 e. The van der Waals surface area contributed by atoms with Crippen molar-refractivity contribution in [2.75, 3.05) is 11.9 Å². The molecule has 0 bridgehead atoms. The summed E-state index contributed by atoms with van der Waals surface area (Å²) >= 11 is 0. The fourth-order valence-electron chi connectivity index (χ4n) is 2.90. The number of fused-ring (bicyclic) bond motifs is 1. The lowest BCUT2D eigenvalue weighted by molar-refractivity contribution is -0.116. The van der Waals surface area contributed by atoms with Crippen LogP contribution in [0.5, 0.6) is 0 Å². The van der Waals surface area contributed by atoms with Crippen LogP contribution >= 0.6 is 0 Å². The number of unbranched alkanes of at least 4 members (excludes halogenated alkanes) is 3. The molecule has 0 aliphatic heterocycles. The normalized spacial score (nSPS) is 11.0. The predicted molar refractivity (Wildman–Crippen MR) is 104 cm³/mol. The third-order valence-electron chi connectivity index (χ3n) is 4.27. The zero-order valence-corrected chi connectivity index (χ0v) is 14.9. The summed E-state index contributed by atoms with van der Waals surface area (Å²) in [5, 5.41) is 2.93. The van der Waals surface area contributed by atoms with Crippen LogP contribution in [0.4, 0.5) is 5.69 Å². The highest BCUT2D eigenvalue weighted by Gasteiger charge is 2.09. The molecule has 0 saturated heterocycles. The summed E-state index contributed by atoms with van der Waals surface area (Å²) in [5.41, 5.74) is 8.86. The second kappa shape index (κ2) is 9.15. The fraction of sp³-hybridized carbons (Fsp3) is 0.333. The molecule has 3 N–H and O–H groups in total. The molecule has 3 rings (SSSR count). The number of hydrogen-bond donors (Lipinski definition) is 2. The van der Waals surface area contributed by atoms with Crippen LogP contribution in [0.15, 0.2) is 52.9 Å². The van der Waals surface area contributed by atoms with Gasteiger partial charge in [0.1, 0.15) is 5.52 Å². The van der Waals surface area contributed by atoms with Crippen LogP contribution in [0, 0.1) is 0 Å². The Morgan fingerprint density at radius 3 is 2.65 bits per heavy atom. The third-order valence-corrected chi connectivity index (χ3v) is 4.27. The van der Waals surface area contributed by atoms with Gasteiger partial charge in [0.15, 0.2) is 11.5 Å². The van der Waals surface area contributed by atoms with E-state index in [0.29, 0.717) is 24.3 Å². The van der Waals surface area contributed by atoms with Gasteiger partial charge >= 0.3 is 0 Å². The molecule has 0 unspecified atom stereocenters. The number of benzene rings is 2. The molecular weight excluding hydrogens is 326 g/mol. The van der Waals surface area contributed by atoms with E-state index in [1.54, 1.807) is 0 Å². The molecule has 3 aromatic rings. The van der Waals surface area contributed by atoms with E-state index in [4.69, 9.17) is 10.2 Å².